The molecule has 1 aromatic heterocycles. The van der Waals surface area contributed by atoms with Crippen LogP contribution in [0.5, 0.6) is 5.75 Å². The van der Waals surface area contributed by atoms with Gasteiger partial charge in [-0.25, -0.2) is 14.8 Å². The van der Waals surface area contributed by atoms with Crippen LogP contribution >= 0.6 is 0 Å². The summed E-state index contributed by atoms with van der Waals surface area (Å²) in [5.41, 5.74) is 3.20. The quantitative estimate of drug-likeness (QED) is 0.685. The zero-order valence-corrected chi connectivity index (χ0v) is 15.0. The fourth-order valence-corrected chi connectivity index (χ4v) is 2.56. The van der Waals surface area contributed by atoms with Gasteiger partial charge < -0.3 is 9.84 Å². The van der Waals surface area contributed by atoms with Gasteiger partial charge in [0.1, 0.15) is 17.3 Å². The maximum Gasteiger partial charge on any atom is 0.412 e. The van der Waals surface area contributed by atoms with Crippen molar-refractivity contribution in [2.24, 2.45) is 4.99 Å². The third-order valence-electron chi connectivity index (χ3n) is 4.01. The molecule has 1 heterocycles. The SMILES string of the molecule is COc1cc(N(C)C(=O)O)ncc1N=C(c1ccccc1)c1ccccc1. The molecular formula is C21H19N3O3. The predicted molar refractivity (Wildman–Crippen MR) is 105 cm³/mol. The summed E-state index contributed by atoms with van der Waals surface area (Å²) in [5.74, 6) is 0.705. The van der Waals surface area contributed by atoms with E-state index >= 15 is 0 Å². The van der Waals surface area contributed by atoms with Crippen LogP contribution < -0.4 is 9.64 Å². The molecule has 0 atom stereocenters. The summed E-state index contributed by atoms with van der Waals surface area (Å²) in [6.07, 6.45) is 0.412. The molecule has 0 aliphatic heterocycles. The molecule has 0 bridgehead atoms. The molecule has 136 valence electrons. The number of aromatic nitrogens is 1. The number of ether oxygens (including phenoxy) is 1. The van der Waals surface area contributed by atoms with Crippen molar-refractivity contribution in [3.63, 3.8) is 0 Å². The molecule has 3 aromatic rings. The van der Waals surface area contributed by atoms with Crippen LogP contribution in [0.2, 0.25) is 0 Å². The van der Waals surface area contributed by atoms with Crippen LogP contribution in [0.4, 0.5) is 16.3 Å². The van der Waals surface area contributed by atoms with Crippen molar-refractivity contribution in [2.45, 2.75) is 0 Å². The van der Waals surface area contributed by atoms with E-state index in [1.807, 2.05) is 60.7 Å². The number of pyridine rings is 1. The lowest BCUT2D eigenvalue weighted by atomic mass is 10.0. The monoisotopic (exact) mass is 361 g/mol. The van der Waals surface area contributed by atoms with Crippen LogP contribution in [0.25, 0.3) is 0 Å². The summed E-state index contributed by atoms with van der Waals surface area (Å²) >= 11 is 0. The molecule has 6 heteroatoms. The number of carboxylic acid groups (broad SMARTS) is 1. The fraction of sp³-hybridized carbons (Fsp3) is 0.0952. The molecule has 1 N–H and O–H groups in total. The van der Waals surface area contributed by atoms with Gasteiger partial charge >= 0.3 is 6.09 Å². The van der Waals surface area contributed by atoms with E-state index in [-0.39, 0.29) is 5.82 Å². The van der Waals surface area contributed by atoms with Gasteiger partial charge in [0.2, 0.25) is 0 Å². The van der Waals surface area contributed by atoms with Crippen LogP contribution in [-0.4, -0.2) is 36.1 Å². The Morgan fingerprint density at radius 1 is 1.04 bits per heavy atom. The lowest BCUT2D eigenvalue weighted by Crippen LogP contribution is -2.24. The van der Waals surface area contributed by atoms with Gasteiger partial charge in [0.25, 0.3) is 0 Å². The summed E-state index contributed by atoms with van der Waals surface area (Å²) in [7, 11) is 2.94. The summed E-state index contributed by atoms with van der Waals surface area (Å²) < 4.78 is 5.42. The van der Waals surface area contributed by atoms with Gasteiger partial charge in [-0.05, 0) is 0 Å². The second-order valence-electron chi connectivity index (χ2n) is 5.75. The van der Waals surface area contributed by atoms with Gasteiger partial charge in [-0.1, -0.05) is 60.7 Å². The number of hydrogen-bond donors (Lipinski definition) is 1. The Labute approximate surface area is 157 Å². The third kappa shape index (κ3) is 4.12. The van der Waals surface area contributed by atoms with E-state index in [4.69, 9.17) is 14.8 Å². The standard InChI is InChI=1S/C21H19N3O3/c1-24(21(25)26)19-13-18(27-2)17(14-22-19)23-20(15-9-5-3-6-10-15)16-11-7-4-8-12-16/h3-14H,1-2H3,(H,25,26). The molecule has 0 spiro atoms. The maximum atomic E-state index is 11.1. The van der Waals surface area contributed by atoms with E-state index in [2.05, 4.69) is 4.98 Å². The van der Waals surface area contributed by atoms with Crippen molar-refractivity contribution in [1.82, 2.24) is 4.98 Å². The number of aliphatic imine (C=N–C) groups is 1. The van der Waals surface area contributed by atoms with Crippen molar-refractivity contribution in [2.75, 3.05) is 19.1 Å². The van der Waals surface area contributed by atoms with Crippen LogP contribution in [0.15, 0.2) is 77.9 Å². The van der Waals surface area contributed by atoms with Crippen molar-refractivity contribution < 1.29 is 14.6 Å². The zero-order chi connectivity index (χ0) is 19.2. The van der Waals surface area contributed by atoms with E-state index in [1.165, 1.54) is 20.4 Å². The first-order chi connectivity index (χ1) is 13.1. The van der Waals surface area contributed by atoms with Gasteiger partial charge in [-0.15, -0.1) is 0 Å². The molecule has 2 aromatic carbocycles. The van der Waals surface area contributed by atoms with Crippen LogP contribution in [0.1, 0.15) is 11.1 Å². The molecule has 1 amide bonds. The molecular weight excluding hydrogens is 342 g/mol. The Balaban J connectivity index is 2.11. The van der Waals surface area contributed by atoms with Crippen molar-refractivity contribution >= 4 is 23.3 Å². The largest absolute Gasteiger partial charge is 0.494 e. The Bertz CT molecular complexity index is 915. The summed E-state index contributed by atoms with van der Waals surface area (Å²) in [6, 6.07) is 21.2. The minimum absolute atomic E-state index is 0.263. The smallest absolute Gasteiger partial charge is 0.412 e. The Hall–Kier alpha value is -3.67. The number of benzene rings is 2. The highest BCUT2D eigenvalue weighted by Crippen LogP contribution is 2.31. The Kier molecular flexibility index (Phi) is 5.47. The highest BCUT2D eigenvalue weighted by molar-refractivity contribution is 6.14. The highest BCUT2D eigenvalue weighted by atomic mass is 16.5. The number of hydrogen-bond acceptors (Lipinski definition) is 4. The summed E-state index contributed by atoms with van der Waals surface area (Å²) in [5, 5.41) is 9.13. The molecule has 6 nitrogen and oxygen atoms in total. The van der Waals surface area contributed by atoms with E-state index in [0.29, 0.717) is 11.4 Å². The number of anilines is 1. The number of nitrogens with zero attached hydrogens (tertiary/aromatic N) is 3. The number of rotatable bonds is 5. The molecule has 0 aliphatic rings. The first-order valence-electron chi connectivity index (χ1n) is 8.30. The molecule has 0 fully saturated rings. The van der Waals surface area contributed by atoms with E-state index < -0.39 is 6.09 Å². The number of carbonyl (C=O) groups is 1. The van der Waals surface area contributed by atoms with Crippen LogP contribution in [0.3, 0.4) is 0 Å². The van der Waals surface area contributed by atoms with Crippen LogP contribution in [0, 0.1) is 0 Å². The number of amides is 1. The van der Waals surface area contributed by atoms with Crippen LogP contribution in [-0.2, 0) is 0 Å². The average Bonchev–Trinajstić information content (AvgIpc) is 2.72. The van der Waals surface area contributed by atoms with Gasteiger partial charge in [0.15, 0.2) is 0 Å². The van der Waals surface area contributed by atoms with E-state index in [9.17, 15) is 4.79 Å². The van der Waals surface area contributed by atoms with Gasteiger partial charge in [-0.3, -0.25) is 4.90 Å². The summed E-state index contributed by atoms with van der Waals surface area (Å²) in [4.78, 5) is 21.2. The molecule has 0 unspecified atom stereocenters. The lowest BCUT2D eigenvalue weighted by molar-refractivity contribution is 0.203. The third-order valence-corrected chi connectivity index (χ3v) is 4.01. The first-order valence-corrected chi connectivity index (χ1v) is 8.30. The second kappa shape index (κ2) is 8.14. The minimum Gasteiger partial charge on any atom is -0.494 e. The molecule has 0 saturated carbocycles. The van der Waals surface area contributed by atoms with Gasteiger partial charge in [0.05, 0.1) is 19.0 Å². The maximum absolute atomic E-state index is 11.1. The highest BCUT2D eigenvalue weighted by Gasteiger charge is 2.14. The van der Waals surface area contributed by atoms with E-state index in [1.54, 1.807) is 6.07 Å². The van der Waals surface area contributed by atoms with Crippen molar-refractivity contribution in [3.05, 3.63) is 84.1 Å². The normalized spacial score (nSPS) is 10.1. The topological polar surface area (TPSA) is 75.0 Å². The fourth-order valence-electron chi connectivity index (χ4n) is 2.56. The average molecular weight is 361 g/mol. The predicted octanol–water partition coefficient (Wildman–Crippen LogP) is 4.37. The summed E-state index contributed by atoms with van der Waals surface area (Å²) in [6.45, 7) is 0. The Morgan fingerprint density at radius 2 is 1.59 bits per heavy atom. The van der Waals surface area contributed by atoms with E-state index in [0.717, 1.165) is 21.7 Å². The number of methoxy groups -OCH3 is 1. The molecule has 0 radical (unpaired) electrons. The second-order valence-corrected chi connectivity index (χ2v) is 5.75. The van der Waals surface area contributed by atoms with Crippen molar-refractivity contribution in [3.8, 4) is 5.75 Å². The Morgan fingerprint density at radius 3 is 2.07 bits per heavy atom. The zero-order valence-electron chi connectivity index (χ0n) is 15.0. The van der Waals surface area contributed by atoms with Gasteiger partial charge in [0, 0.05) is 24.2 Å². The molecule has 0 saturated heterocycles. The molecule has 0 aliphatic carbocycles. The van der Waals surface area contributed by atoms with Crippen molar-refractivity contribution in [1.29, 1.82) is 0 Å². The first kappa shape index (κ1) is 18.1. The lowest BCUT2D eigenvalue weighted by Gasteiger charge is -2.14. The van der Waals surface area contributed by atoms with Gasteiger partial charge in [-0.2, -0.15) is 0 Å². The molecule has 27 heavy (non-hydrogen) atoms. The molecule has 3 rings (SSSR count). The minimum atomic E-state index is -1.10.